The molecule has 0 saturated heterocycles. The fourth-order valence-corrected chi connectivity index (χ4v) is 1.49. The van der Waals surface area contributed by atoms with E-state index in [1.54, 1.807) is 30.8 Å². The zero-order chi connectivity index (χ0) is 14.0. The van der Waals surface area contributed by atoms with Crippen LogP contribution in [0.2, 0.25) is 0 Å². The maximum Gasteiger partial charge on any atom is 0.128 e. The molecule has 0 aromatic heterocycles. The monoisotopic (exact) mass is 263 g/mol. The first-order chi connectivity index (χ1) is 9.90. The molecule has 0 atom stereocenters. The molecule has 1 aliphatic heterocycles. The Balaban J connectivity index is 2.32. The highest BCUT2D eigenvalue weighted by Gasteiger charge is 2.02. The van der Waals surface area contributed by atoms with Gasteiger partial charge in [-0.25, -0.2) is 0 Å². The van der Waals surface area contributed by atoms with Gasteiger partial charge < -0.3 is 4.74 Å². The molecule has 1 aliphatic rings. The normalized spacial score (nSPS) is 14.7. The van der Waals surface area contributed by atoms with Crippen LogP contribution in [0.1, 0.15) is 5.56 Å². The molecule has 2 rings (SSSR count). The Morgan fingerprint density at radius 3 is 2.90 bits per heavy atom. The van der Waals surface area contributed by atoms with Crippen molar-refractivity contribution in [1.82, 2.24) is 0 Å². The molecule has 98 valence electrons. The van der Waals surface area contributed by atoms with Gasteiger partial charge in [0, 0.05) is 30.4 Å². The summed E-state index contributed by atoms with van der Waals surface area (Å²) in [6.45, 7) is 0.179. The van der Waals surface area contributed by atoms with Crippen LogP contribution in [0.4, 0.5) is 0 Å². The van der Waals surface area contributed by atoms with Crippen LogP contribution < -0.4 is 4.74 Å². The number of benzene rings is 1. The van der Waals surface area contributed by atoms with Gasteiger partial charge in [-0.3, -0.25) is 9.98 Å². The van der Waals surface area contributed by atoms with E-state index in [2.05, 4.69) is 16.1 Å². The lowest BCUT2D eigenvalue weighted by Crippen LogP contribution is -2.02. The molecule has 20 heavy (non-hydrogen) atoms. The van der Waals surface area contributed by atoms with Gasteiger partial charge in [0.05, 0.1) is 11.6 Å². The third kappa shape index (κ3) is 4.07. The number of hydrogen-bond acceptors (Lipinski definition) is 4. The van der Waals surface area contributed by atoms with Gasteiger partial charge in [0.2, 0.25) is 0 Å². The highest BCUT2D eigenvalue weighted by molar-refractivity contribution is 5.83. The lowest BCUT2D eigenvalue weighted by Gasteiger charge is -2.07. The number of para-hydroxylation sites is 1. The standard InChI is InChI=1S/C16H13N3O/c17-10-14-11-18-8-4-1-5-9-19-12-15-6-2-3-7-16(15)20-13-14/h1-9,11-12H,13H2. The summed E-state index contributed by atoms with van der Waals surface area (Å²) in [5, 5.41) is 9.02. The van der Waals surface area contributed by atoms with Gasteiger partial charge in [0.25, 0.3) is 0 Å². The van der Waals surface area contributed by atoms with Crippen molar-refractivity contribution >= 4 is 12.4 Å². The van der Waals surface area contributed by atoms with E-state index in [-0.39, 0.29) is 6.61 Å². The molecule has 1 aromatic carbocycles. The van der Waals surface area contributed by atoms with Crippen molar-refractivity contribution in [3.63, 3.8) is 0 Å². The number of ether oxygens (including phenoxy) is 1. The molecule has 0 unspecified atom stereocenters. The zero-order valence-corrected chi connectivity index (χ0v) is 10.8. The second-order valence-corrected chi connectivity index (χ2v) is 3.90. The topological polar surface area (TPSA) is 57.7 Å². The van der Waals surface area contributed by atoms with Crippen molar-refractivity contribution in [3.05, 3.63) is 66.0 Å². The highest BCUT2D eigenvalue weighted by atomic mass is 16.5. The number of rotatable bonds is 0. The molecule has 4 nitrogen and oxygen atoms in total. The highest BCUT2D eigenvalue weighted by Crippen LogP contribution is 2.16. The number of hydrogen-bond donors (Lipinski definition) is 0. The second-order valence-electron chi connectivity index (χ2n) is 3.90. The van der Waals surface area contributed by atoms with E-state index in [9.17, 15) is 0 Å². The molecule has 0 amide bonds. The molecule has 0 aliphatic carbocycles. The predicted molar refractivity (Wildman–Crippen MR) is 80.0 cm³/mol. The Bertz CT molecular complexity index is 646. The Hall–Kier alpha value is -2.93. The van der Waals surface area contributed by atoms with Gasteiger partial charge >= 0.3 is 0 Å². The van der Waals surface area contributed by atoms with E-state index in [4.69, 9.17) is 10.00 Å². The average Bonchev–Trinajstić information content (AvgIpc) is 2.49. The van der Waals surface area contributed by atoms with Gasteiger partial charge in [0.1, 0.15) is 12.4 Å². The van der Waals surface area contributed by atoms with Crippen LogP contribution in [-0.2, 0) is 0 Å². The van der Waals surface area contributed by atoms with Crippen molar-refractivity contribution in [2.45, 2.75) is 0 Å². The number of nitriles is 1. The summed E-state index contributed by atoms with van der Waals surface area (Å²) >= 11 is 0. The third-order valence-electron chi connectivity index (χ3n) is 2.46. The van der Waals surface area contributed by atoms with Crippen LogP contribution in [0.15, 0.2) is 70.5 Å². The summed E-state index contributed by atoms with van der Waals surface area (Å²) in [5.41, 5.74) is 1.31. The molecule has 0 spiro atoms. The minimum atomic E-state index is 0.179. The van der Waals surface area contributed by atoms with Gasteiger partial charge in [-0.15, -0.1) is 0 Å². The van der Waals surface area contributed by atoms with Crippen molar-refractivity contribution in [3.8, 4) is 11.8 Å². The quantitative estimate of drug-likeness (QED) is 0.722. The van der Waals surface area contributed by atoms with E-state index in [0.717, 1.165) is 5.56 Å². The number of allylic oxidation sites excluding steroid dienone is 3. The fourth-order valence-electron chi connectivity index (χ4n) is 1.49. The number of aliphatic imine (C=N–C) groups is 2. The molecular formula is C16H13N3O. The summed E-state index contributed by atoms with van der Waals surface area (Å²) < 4.78 is 5.64. The lowest BCUT2D eigenvalue weighted by molar-refractivity contribution is 0.355. The van der Waals surface area contributed by atoms with E-state index < -0.39 is 0 Å². The Morgan fingerprint density at radius 1 is 1.10 bits per heavy atom. The second kappa shape index (κ2) is 7.49. The van der Waals surface area contributed by atoms with Crippen molar-refractivity contribution in [2.75, 3.05) is 6.61 Å². The van der Waals surface area contributed by atoms with E-state index in [0.29, 0.717) is 11.3 Å². The minimum Gasteiger partial charge on any atom is -0.487 e. The van der Waals surface area contributed by atoms with Crippen LogP contribution in [0.3, 0.4) is 0 Å². The van der Waals surface area contributed by atoms with E-state index in [1.165, 1.54) is 6.20 Å². The first-order valence-electron chi connectivity index (χ1n) is 6.09. The molecule has 0 saturated carbocycles. The van der Waals surface area contributed by atoms with E-state index >= 15 is 0 Å². The van der Waals surface area contributed by atoms with Crippen LogP contribution in [-0.4, -0.2) is 19.0 Å². The Kier molecular flexibility index (Phi) is 5.06. The predicted octanol–water partition coefficient (Wildman–Crippen LogP) is 3.05. The van der Waals surface area contributed by atoms with Gasteiger partial charge in [-0.1, -0.05) is 18.2 Å². The summed E-state index contributed by atoms with van der Waals surface area (Å²) in [4.78, 5) is 8.20. The van der Waals surface area contributed by atoms with Crippen LogP contribution in [0.5, 0.6) is 5.75 Å². The maximum absolute atomic E-state index is 9.02. The summed E-state index contributed by atoms with van der Waals surface area (Å²) in [5.74, 6) is 0.683. The first-order valence-corrected chi connectivity index (χ1v) is 6.09. The van der Waals surface area contributed by atoms with Gasteiger partial charge in [-0.2, -0.15) is 5.26 Å². The largest absolute Gasteiger partial charge is 0.487 e. The number of fused-ring (bicyclic) bond motifs is 1. The molecule has 0 radical (unpaired) electrons. The number of nitrogens with zero attached hydrogens (tertiary/aromatic N) is 3. The molecule has 4 heteroatoms. The lowest BCUT2D eigenvalue weighted by atomic mass is 10.2. The summed E-state index contributed by atoms with van der Waals surface area (Å²) in [6.07, 6.45) is 11.9. The minimum absolute atomic E-state index is 0.179. The van der Waals surface area contributed by atoms with Crippen molar-refractivity contribution in [1.29, 1.82) is 5.26 Å². The SMILES string of the molecule is N#CC1=CN=CC=CC=CN=Cc2ccccc2OC1. The Morgan fingerprint density at radius 2 is 2.00 bits per heavy atom. The third-order valence-corrected chi connectivity index (χ3v) is 2.46. The Labute approximate surface area is 117 Å². The van der Waals surface area contributed by atoms with Crippen LogP contribution >= 0.6 is 0 Å². The van der Waals surface area contributed by atoms with Gasteiger partial charge in [-0.05, 0) is 24.3 Å². The molecule has 0 bridgehead atoms. The summed E-state index contributed by atoms with van der Waals surface area (Å²) in [7, 11) is 0. The zero-order valence-electron chi connectivity index (χ0n) is 10.8. The smallest absolute Gasteiger partial charge is 0.128 e. The molecular weight excluding hydrogens is 250 g/mol. The summed E-state index contributed by atoms with van der Waals surface area (Å²) in [6, 6.07) is 9.60. The average molecular weight is 263 g/mol. The molecule has 0 fully saturated rings. The maximum atomic E-state index is 9.02. The van der Waals surface area contributed by atoms with Crippen LogP contribution in [0, 0.1) is 11.3 Å². The fraction of sp³-hybridized carbons (Fsp3) is 0.0625. The van der Waals surface area contributed by atoms with Crippen LogP contribution in [0.25, 0.3) is 0 Å². The van der Waals surface area contributed by atoms with Gasteiger partial charge in [0.15, 0.2) is 0 Å². The first kappa shape index (κ1) is 13.5. The van der Waals surface area contributed by atoms with Crippen molar-refractivity contribution in [2.24, 2.45) is 9.98 Å². The molecule has 1 aromatic rings. The van der Waals surface area contributed by atoms with Crippen molar-refractivity contribution < 1.29 is 4.74 Å². The molecule has 1 heterocycles. The molecule has 0 N–H and O–H groups in total. The van der Waals surface area contributed by atoms with E-state index in [1.807, 2.05) is 30.3 Å².